The Balaban J connectivity index is 2.75. The number of hydrogen-bond acceptors (Lipinski definition) is 2. The van der Waals surface area contributed by atoms with Gasteiger partial charge in [-0.3, -0.25) is 0 Å². The Kier molecular flexibility index (Phi) is 3.47. The Bertz CT molecular complexity index is 625. The Morgan fingerprint density at radius 3 is 1.60 bits per heavy atom. The molecule has 0 radical (unpaired) electrons. The van der Waals surface area contributed by atoms with E-state index in [0.717, 1.165) is 12.1 Å². The molecule has 0 aliphatic heterocycles. The van der Waals surface area contributed by atoms with E-state index < -0.39 is 39.9 Å². The lowest BCUT2D eigenvalue weighted by Crippen LogP contribution is -2.09. The summed E-state index contributed by atoms with van der Waals surface area (Å²) in [6, 6.07) is 4.71. The SMILES string of the molecule is Nc1ccc(-c2c(F)c(F)c(N(F)F)c(F)c2F)cc1. The van der Waals surface area contributed by atoms with E-state index >= 15 is 0 Å². The molecule has 2 aromatic rings. The van der Waals surface area contributed by atoms with Crippen molar-refractivity contribution in [2.24, 2.45) is 0 Å². The predicted molar refractivity (Wildman–Crippen MR) is 60.8 cm³/mol. The molecule has 0 atom stereocenters. The number of nitrogens with zero attached hydrogens (tertiary/aromatic N) is 1. The second-order valence-electron chi connectivity index (χ2n) is 3.83. The van der Waals surface area contributed by atoms with Gasteiger partial charge in [-0.05, 0) is 23.0 Å². The average Bonchev–Trinajstić information content (AvgIpc) is 2.39. The van der Waals surface area contributed by atoms with Crippen molar-refractivity contribution in [2.45, 2.75) is 0 Å². The van der Waals surface area contributed by atoms with Crippen LogP contribution in [0.4, 0.5) is 37.9 Å². The molecule has 0 saturated heterocycles. The van der Waals surface area contributed by atoms with Crippen LogP contribution in [0.3, 0.4) is 0 Å². The van der Waals surface area contributed by atoms with Crippen LogP contribution in [0, 0.1) is 23.3 Å². The van der Waals surface area contributed by atoms with Gasteiger partial charge in [0.25, 0.3) is 0 Å². The van der Waals surface area contributed by atoms with E-state index in [9.17, 15) is 26.5 Å². The van der Waals surface area contributed by atoms with Crippen LogP contribution in [-0.4, -0.2) is 0 Å². The normalized spacial score (nSPS) is 10.7. The Hall–Kier alpha value is -2.38. The van der Waals surface area contributed by atoms with Gasteiger partial charge in [0.05, 0.1) is 5.56 Å². The highest BCUT2D eigenvalue weighted by Crippen LogP contribution is 2.36. The average molecular weight is 292 g/mol. The quantitative estimate of drug-likeness (QED) is 0.391. The van der Waals surface area contributed by atoms with Crippen molar-refractivity contribution in [3.63, 3.8) is 0 Å². The van der Waals surface area contributed by atoms with Crippen molar-refractivity contribution >= 4 is 11.4 Å². The van der Waals surface area contributed by atoms with Crippen LogP contribution < -0.4 is 11.1 Å². The van der Waals surface area contributed by atoms with Gasteiger partial charge >= 0.3 is 0 Å². The van der Waals surface area contributed by atoms with Crippen LogP contribution in [0.15, 0.2) is 24.3 Å². The van der Waals surface area contributed by atoms with E-state index in [2.05, 4.69) is 0 Å². The number of anilines is 2. The highest BCUT2D eigenvalue weighted by atomic mass is 19.4. The maximum atomic E-state index is 13.7. The zero-order valence-corrected chi connectivity index (χ0v) is 9.60. The fourth-order valence-corrected chi connectivity index (χ4v) is 1.67. The number of nitrogens with two attached hydrogens (primary N) is 1. The molecule has 2 nitrogen and oxygen atoms in total. The van der Waals surface area contributed by atoms with Gasteiger partial charge in [0, 0.05) is 5.69 Å². The first-order chi connectivity index (χ1) is 9.34. The lowest BCUT2D eigenvalue weighted by Gasteiger charge is -2.12. The molecule has 0 saturated carbocycles. The van der Waals surface area contributed by atoms with Crippen LogP contribution in [0.1, 0.15) is 0 Å². The van der Waals surface area contributed by atoms with Crippen molar-refractivity contribution in [2.75, 3.05) is 11.1 Å². The molecule has 0 unspecified atom stereocenters. The summed E-state index contributed by atoms with van der Waals surface area (Å²) in [5, 5.41) is -2.02. The molecule has 2 rings (SSSR count). The summed E-state index contributed by atoms with van der Waals surface area (Å²) in [6.07, 6.45) is 0. The highest BCUT2D eigenvalue weighted by molar-refractivity contribution is 5.70. The molecule has 0 aliphatic rings. The maximum Gasteiger partial charge on any atom is 0.191 e. The number of hydrogen-bond donors (Lipinski definition) is 1. The molecule has 0 bridgehead atoms. The van der Waals surface area contributed by atoms with E-state index in [-0.39, 0.29) is 11.3 Å². The predicted octanol–water partition coefficient (Wildman–Crippen LogP) is 4.07. The van der Waals surface area contributed by atoms with Gasteiger partial charge in [-0.25, -0.2) is 17.6 Å². The minimum atomic E-state index is -2.18. The zero-order valence-electron chi connectivity index (χ0n) is 9.60. The molecule has 0 spiro atoms. The second kappa shape index (κ2) is 4.95. The van der Waals surface area contributed by atoms with E-state index in [1.165, 1.54) is 12.1 Å². The van der Waals surface area contributed by atoms with Gasteiger partial charge < -0.3 is 5.73 Å². The molecular formula is C12H6F6N2. The highest BCUT2D eigenvalue weighted by Gasteiger charge is 2.30. The lowest BCUT2D eigenvalue weighted by molar-refractivity contribution is 0.223. The topological polar surface area (TPSA) is 29.3 Å². The first-order valence-electron chi connectivity index (χ1n) is 5.18. The van der Waals surface area contributed by atoms with E-state index in [1.807, 2.05) is 0 Å². The summed E-state index contributed by atoms with van der Waals surface area (Å²) in [5.74, 6) is -8.19. The Morgan fingerprint density at radius 1 is 0.750 bits per heavy atom. The van der Waals surface area contributed by atoms with E-state index in [4.69, 9.17) is 5.73 Å². The third-order valence-corrected chi connectivity index (χ3v) is 2.61. The standard InChI is InChI=1S/C12H6F6N2/c13-8-7(5-1-3-6(19)4-2-5)9(14)11(16)12(10(8)15)20(17)18/h1-4H,19H2. The minimum absolute atomic E-state index is 0.234. The molecule has 0 aromatic heterocycles. The summed E-state index contributed by atoms with van der Waals surface area (Å²) in [5.41, 5.74) is 2.22. The fourth-order valence-electron chi connectivity index (χ4n) is 1.67. The Morgan fingerprint density at radius 2 is 1.20 bits per heavy atom. The minimum Gasteiger partial charge on any atom is -0.399 e. The van der Waals surface area contributed by atoms with Gasteiger partial charge in [-0.15, -0.1) is 0 Å². The third kappa shape index (κ3) is 2.13. The van der Waals surface area contributed by atoms with Crippen molar-refractivity contribution in [1.82, 2.24) is 0 Å². The first kappa shape index (κ1) is 14.0. The van der Waals surface area contributed by atoms with Gasteiger partial charge in [-0.1, -0.05) is 21.1 Å². The smallest absolute Gasteiger partial charge is 0.191 e. The van der Waals surface area contributed by atoms with Crippen molar-refractivity contribution in [3.05, 3.63) is 47.5 Å². The summed E-state index contributed by atoms with van der Waals surface area (Å²) in [4.78, 5) is 0. The Labute approximate surface area is 108 Å². The molecule has 106 valence electrons. The van der Waals surface area contributed by atoms with Crippen LogP contribution in [0.25, 0.3) is 11.1 Å². The molecular weight excluding hydrogens is 286 g/mol. The van der Waals surface area contributed by atoms with Crippen molar-refractivity contribution in [3.8, 4) is 11.1 Å². The molecule has 0 heterocycles. The van der Waals surface area contributed by atoms with Gasteiger partial charge in [0.15, 0.2) is 29.0 Å². The maximum absolute atomic E-state index is 13.7. The molecule has 0 amide bonds. The van der Waals surface area contributed by atoms with Gasteiger partial charge in [0.2, 0.25) is 0 Å². The van der Waals surface area contributed by atoms with E-state index in [1.54, 1.807) is 0 Å². The number of benzene rings is 2. The molecule has 2 aromatic carbocycles. The summed E-state index contributed by atoms with van der Waals surface area (Å²) >= 11 is 0. The molecule has 0 aliphatic carbocycles. The summed E-state index contributed by atoms with van der Waals surface area (Å²) in [7, 11) is 0. The van der Waals surface area contributed by atoms with Crippen molar-refractivity contribution in [1.29, 1.82) is 0 Å². The largest absolute Gasteiger partial charge is 0.399 e. The number of rotatable bonds is 2. The van der Waals surface area contributed by atoms with Crippen LogP contribution in [0.5, 0.6) is 0 Å². The summed E-state index contributed by atoms with van der Waals surface area (Å²) < 4.78 is 78.6. The van der Waals surface area contributed by atoms with Gasteiger partial charge in [-0.2, -0.15) is 0 Å². The molecule has 20 heavy (non-hydrogen) atoms. The molecule has 8 heteroatoms. The lowest BCUT2D eigenvalue weighted by atomic mass is 10.0. The summed E-state index contributed by atoms with van der Waals surface area (Å²) in [6.45, 7) is 0. The zero-order chi connectivity index (χ0) is 15.0. The van der Waals surface area contributed by atoms with Crippen LogP contribution >= 0.6 is 0 Å². The van der Waals surface area contributed by atoms with Crippen molar-refractivity contribution < 1.29 is 26.5 Å². The van der Waals surface area contributed by atoms with Gasteiger partial charge in [0.1, 0.15) is 0 Å². The molecule has 0 fully saturated rings. The van der Waals surface area contributed by atoms with E-state index in [0.29, 0.717) is 0 Å². The van der Waals surface area contributed by atoms with Crippen LogP contribution in [-0.2, 0) is 0 Å². The third-order valence-electron chi connectivity index (χ3n) is 2.61. The number of halogens is 6. The van der Waals surface area contributed by atoms with Crippen LogP contribution in [0.2, 0.25) is 0 Å². The first-order valence-corrected chi connectivity index (χ1v) is 5.18. The molecule has 2 N–H and O–H groups in total. The monoisotopic (exact) mass is 292 g/mol. The fraction of sp³-hybridized carbons (Fsp3) is 0. The second-order valence-corrected chi connectivity index (χ2v) is 3.83. The number of nitrogen functional groups attached to an aromatic ring is 1.